The first kappa shape index (κ1) is 17.0. The molecule has 2 N–H and O–H groups in total. The quantitative estimate of drug-likeness (QED) is 0.426. The molecule has 3 aromatic rings. The number of rotatable bonds is 4. The first-order chi connectivity index (χ1) is 12.2. The number of pyridine rings is 1. The lowest BCUT2D eigenvalue weighted by atomic mass is 9.93. The van der Waals surface area contributed by atoms with Crippen LogP contribution >= 0.6 is 33.9 Å². The highest BCUT2D eigenvalue weighted by atomic mass is 127. The van der Waals surface area contributed by atoms with Gasteiger partial charge >= 0.3 is 0 Å². The Labute approximate surface area is 163 Å². The minimum absolute atomic E-state index is 0.101. The van der Waals surface area contributed by atoms with Crippen LogP contribution in [0.2, 0.25) is 0 Å². The lowest BCUT2D eigenvalue weighted by Gasteiger charge is -2.27. The number of nitrogens with zero attached hydrogens (tertiary/aromatic N) is 2. The summed E-state index contributed by atoms with van der Waals surface area (Å²) in [5, 5.41) is 14.4. The Morgan fingerprint density at radius 2 is 2.00 bits per heavy atom. The fourth-order valence-electron chi connectivity index (χ4n) is 3.05. The van der Waals surface area contributed by atoms with Crippen molar-refractivity contribution in [3.63, 3.8) is 0 Å². The molecule has 1 aliphatic carbocycles. The Balaban J connectivity index is 1.52. The Morgan fingerprint density at radius 1 is 1.16 bits per heavy atom. The number of ether oxygens (including phenoxy) is 1. The predicted octanol–water partition coefficient (Wildman–Crippen LogP) is 4.80. The number of anilines is 1. The minimum atomic E-state index is -0.284. The Hall–Kier alpha value is -1.45. The third-order valence-electron chi connectivity index (χ3n) is 4.33. The third-order valence-corrected chi connectivity index (χ3v) is 5.87. The van der Waals surface area contributed by atoms with E-state index in [0.29, 0.717) is 0 Å². The van der Waals surface area contributed by atoms with Gasteiger partial charge in [-0.25, -0.2) is 4.98 Å². The molecule has 0 unspecified atom stereocenters. The predicted molar refractivity (Wildman–Crippen MR) is 109 cm³/mol. The highest BCUT2D eigenvalue weighted by molar-refractivity contribution is 14.1. The number of nitrogens with one attached hydrogen (secondary N) is 1. The first-order valence-corrected chi connectivity index (χ1v) is 10.2. The summed E-state index contributed by atoms with van der Waals surface area (Å²) in [4.78, 5) is 8.80. The van der Waals surface area contributed by atoms with Gasteiger partial charge in [0, 0.05) is 18.3 Å². The van der Waals surface area contributed by atoms with Crippen molar-refractivity contribution in [2.75, 3.05) is 5.32 Å². The van der Waals surface area contributed by atoms with Crippen molar-refractivity contribution in [1.82, 2.24) is 9.97 Å². The van der Waals surface area contributed by atoms with Gasteiger partial charge in [-0.05, 0) is 53.6 Å². The van der Waals surface area contributed by atoms with E-state index in [0.717, 1.165) is 56.2 Å². The number of hydrogen-bond donors (Lipinski definition) is 2. The van der Waals surface area contributed by atoms with Crippen LogP contribution in [0.1, 0.15) is 25.7 Å². The normalized spacial score (nSPS) is 20.6. The summed E-state index contributed by atoms with van der Waals surface area (Å²) < 4.78 is 7.88. The van der Waals surface area contributed by atoms with Gasteiger partial charge < -0.3 is 15.2 Å². The summed E-state index contributed by atoms with van der Waals surface area (Å²) in [7, 11) is 0. The van der Waals surface area contributed by atoms with E-state index >= 15 is 0 Å². The Kier molecular flexibility index (Phi) is 5.05. The summed E-state index contributed by atoms with van der Waals surface area (Å²) in [6.07, 6.45) is 5.57. The molecule has 0 radical (unpaired) electrons. The van der Waals surface area contributed by atoms with E-state index in [2.05, 4.69) is 37.9 Å². The van der Waals surface area contributed by atoms with E-state index in [-0.39, 0.29) is 12.1 Å². The van der Waals surface area contributed by atoms with Crippen LogP contribution in [0.25, 0.3) is 10.2 Å². The number of aliphatic hydroxyl groups excluding tert-OH is 1. The molecule has 7 heteroatoms. The average molecular weight is 467 g/mol. The zero-order chi connectivity index (χ0) is 17.2. The number of aromatic nitrogens is 2. The molecule has 0 spiro atoms. The van der Waals surface area contributed by atoms with Gasteiger partial charge in [0.05, 0.1) is 22.4 Å². The van der Waals surface area contributed by atoms with Crippen LogP contribution in [0.4, 0.5) is 5.13 Å². The molecule has 2 atom stereocenters. The van der Waals surface area contributed by atoms with Crippen LogP contribution in [0.15, 0.2) is 36.5 Å². The lowest BCUT2D eigenvalue weighted by molar-refractivity contribution is 0.116. The molecular weight excluding hydrogens is 449 g/mol. The number of benzene rings is 1. The van der Waals surface area contributed by atoms with Crippen LogP contribution in [0.3, 0.4) is 0 Å². The molecule has 130 valence electrons. The van der Waals surface area contributed by atoms with Crippen molar-refractivity contribution in [3.05, 3.63) is 40.2 Å². The minimum Gasteiger partial charge on any atom is -0.457 e. The molecule has 25 heavy (non-hydrogen) atoms. The van der Waals surface area contributed by atoms with Crippen molar-refractivity contribution in [1.29, 1.82) is 0 Å². The van der Waals surface area contributed by atoms with Crippen LogP contribution < -0.4 is 10.1 Å². The molecule has 5 nitrogen and oxygen atoms in total. The molecule has 4 rings (SSSR count). The highest BCUT2D eigenvalue weighted by Gasteiger charge is 2.23. The van der Waals surface area contributed by atoms with Crippen LogP contribution in [0, 0.1) is 3.70 Å². The van der Waals surface area contributed by atoms with Gasteiger partial charge in [0.15, 0.2) is 5.13 Å². The van der Waals surface area contributed by atoms with Gasteiger partial charge in [0.1, 0.15) is 15.2 Å². The fourth-order valence-corrected chi connectivity index (χ4v) is 4.48. The zero-order valence-electron chi connectivity index (χ0n) is 13.5. The molecule has 2 aromatic heterocycles. The standard InChI is InChI=1S/C18H18IN3O2S/c19-17-10-12(7-8-20-17)24-11-5-6-14-16(9-11)25-18(22-14)21-13-3-1-2-4-15(13)23/h5-10,13,15,23H,1-4H2,(H,21,22)/t13-,15-/m1/s1. The van der Waals surface area contributed by atoms with E-state index in [1.165, 1.54) is 0 Å². The van der Waals surface area contributed by atoms with Gasteiger partial charge in [-0.15, -0.1) is 0 Å². The molecule has 1 aliphatic rings. The summed E-state index contributed by atoms with van der Waals surface area (Å²) in [5.74, 6) is 1.55. The number of aliphatic hydroxyl groups is 1. The molecule has 0 aliphatic heterocycles. The van der Waals surface area contributed by atoms with Crippen molar-refractivity contribution >= 4 is 49.3 Å². The number of hydrogen-bond acceptors (Lipinski definition) is 6. The van der Waals surface area contributed by atoms with Crippen LogP contribution in [-0.4, -0.2) is 27.2 Å². The summed E-state index contributed by atoms with van der Waals surface area (Å²) >= 11 is 3.76. The molecule has 2 heterocycles. The molecule has 1 aromatic carbocycles. The number of halogens is 1. The van der Waals surface area contributed by atoms with Crippen molar-refractivity contribution < 1.29 is 9.84 Å². The molecule has 0 bridgehead atoms. The second kappa shape index (κ2) is 7.43. The Morgan fingerprint density at radius 3 is 2.84 bits per heavy atom. The van der Waals surface area contributed by atoms with E-state index in [1.807, 2.05) is 30.3 Å². The summed E-state index contributed by atoms with van der Waals surface area (Å²) in [5.41, 5.74) is 0.939. The number of fused-ring (bicyclic) bond motifs is 1. The molecule has 1 fully saturated rings. The van der Waals surface area contributed by atoms with Crippen LogP contribution in [0.5, 0.6) is 11.5 Å². The molecule has 1 saturated carbocycles. The topological polar surface area (TPSA) is 67.3 Å². The second-order valence-electron chi connectivity index (χ2n) is 6.17. The smallest absolute Gasteiger partial charge is 0.184 e. The fraction of sp³-hybridized carbons (Fsp3) is 0.333. The van der Waals surface area contributed by atoms with E-state index < -0.39 is 0 Å². The van der Waals surface area contributed by atoms with Crippen LogP contribution in [-0.2, 0) is 0 Å². The molecular formula is C18H18IN3O2S. The average Bonchev–Trinajstić information content (AvgIpc) is 2.99. The van der Waals surface area contributed by atoms with E-state index in [9.17, 15) is 5.11 Å². The maximum Gasteiger partial charge on any atom is 0.184 e. The van der Waals surface area contributed by atoms with Gasteiger partial charge in [0.25, 0.3) is 0 Å². The molecule has 0 saturated heterocycles. The van der Waals surface area contributed by atoms with E-state index in [4.69, 9.17) is 4.74 Å². The largest absolute Gasteiger partial charge is 0.457 e. The second-order valence-corrected chi connectivity index (χ2v) is 8.30. The zero-order valence-corrected chi connectivity index (χ0v) is 16.5. The summed E-state index contributed by atoms with van der Waals surface area (Å²) in [6, 6.07) is 9.74. The van der Waals surface area contributed by atoms with Gasteiger partial charge in [-0.1, -0.05) is 24.2 Å². The van der Waals surface area contributed by atoms with Gasteiger partial charge in [0.2, 0.25) is 0 Å². The van der Waals surface area contributed by atoms with Gasteiger partial charge in [-0.2, -0.15) is 0 Å². The Bertz CT molecular complexity index is 886. The molecule has 0 amide bonds. The SMILES string of the molecule is O[C@@H]1CCCC[C@H]1Nc1nc2ccc(Oc3ccnc(I)c3)cc2s1. The number of thiazole rings is 1. The van der Waals surface area contributed by atoms with Crippen molar-refractivity contribution in [3.8, 4) is 11.5 Å². The summed E-state index contributed by atoms with van der Waals surface area (Å²) in [6.45, 7) is 0. The third kappa shape index (κ3) is 4.04. The highest BCUT2D eigenvalue weighted by Crippen LogP contribution is 2.33. The van der Waals surface area contributed by atoms with Crippen molar-refractivity contribution in [2.24, 2.45) is 0 Å². The first-order valence-electron chi connectivity index (χ1n) is 8.32. The lowest BCUT2D eigenvalue weighted by Crippen LogP contribution is -2.36. The maximum absolute atomic E-state index is 10.1. The van der Waals surface area contributed by atoms with Crippen molar-refractivity contribution in [2.45, 2.75) is 37.8 Å². The van der Waals surface area contributed by atoms with E-state index in [1.54, 1.807) is 17.5 Å². The monoisotopic (exact) mass is 467 g/mol. The van der Waals surface area contributed by atoms with Gasteiger partial charge in [-0.3, -0.25) is 4.98 Å². The maximum atomic E-state index is 10.1.